The summed E-state index contributed by atoms with van der Waals surface area (Å²) in [7, 11) is 0. The van der Waals surface area contributed by atoms with Crippen LogP contribution in [0.15, 0.2) is 152 Å². The van der Waals surface area contributed by atoms with Gasteiger partial charge in [-0.3, -0.25) is 4.79 Å². The van der Waals surface area contributed by atoms with Crippen molar-refractivity contribution in [2.45, 2.75) is 26.7 Å². The van der Waals surface area contributed by atoms with Gasteiger partial charge in [-0.15, -0.1) is 0 Å². The summed E-state index contributed by atoms with van der Waals surface area (Å²) in [6.07, 6.45) is 1.74. The zero-order valence-electron chi connectivity index (χ0n) is 25.8. The zero-order valence-corrected chi connectivity index (χ0v) is 25.8. The van der Waals surface area contributed by atoms with E-state index >= 15 is 0 Å². The van der Waals surface area contributed by atoms with E-state index in [1.165, 1.54) is 33.4 Å². The molecular weight excluding hydrogens is 548 g/mol. The lowest BCUT2D eigenvalue weighted by Crippen LogP contribution is -2.01. The van der Waals surface area contributed by atoms with Gasteiger partial charge in [0.1, 0.15) is 11.5 Å². The first-order valence-electron chi connectivity index (χ1n) is 15.3. The van der Waals surface area contributed by atoms with Crippen molar-refractivity contribution in [3.8, 4) is 22.6 Å². The number of hydrogen-bond acceptors (Lipinski definition) is 2. The van der Waals surface area contributed by atoms with E-state index in [-0.39, 0.29) is 5.78 Å². The Morgan fingerprint density at radius 3 is 1.27 bits per heavy atom. The molecule has 0 fully saturated rings. The molecule has 0 aliphatic rings. The highest BCUT2D eigenvalue weighted by atomic mass is 16.5. The van der Waals surface area contributed by atoms with Crippen LogP contribution in [0, 0.1) is 6.92 Å². The second kappa shape index (κ2) is 13.4. The summed E-state index contributed by atoms with van der Waals surface area (Å²) in [4.78, 5) is 13.1. The monoisotopic (exact) mass is 584 g/mol. The minimum absolute atomic E-state index is 0.00634. The van der Waals surface area contributed by atoms with Crippen molar-refractivity contribution in [1.82, 2.24) is 0 Å². The molecule has 6 aromatic carbocycles. The number of aryl methyl sites for hydroxylation is 1. The maximum atomic E-state index is 13.1. The van der Waals surface area contributed by atoms with Crippen LogP contribution in [0.3, 0.4) is 0 Å². The van der Waals surface area contributed by atoms with Crippen molar-refractivity contribution in [3.63, 3.8) is 0 Å². The van der Waals surface area contributed by atoms with Crippen molar-refractivity contribution in [3.05, 3.63) is 197 Å². The maximum absolute atomic E-state index is 13.1. The molecule has 0 aromatic heterocycles. The number of benzene rings is 6. The zero-order chi connectivity index (χ0) is 31.2. The molecule has 0 unspecified atom stereocenters. The Kier molecular flexibility index (Phi) is 8.84. The number of carbonyl (C=O) groups excluding carboxylic acids is 1. The molecule has 2 nitrogen and oxygen atoms in total. The molecule has 0 aliphatic heterocycles. The van der Waals surface area contributed by atoms with Crippen LogP contribution in [-0.4, -0.2) is 5.78 Å². The van der Waals surface area contributed by atoms with E-state index in [0.717, 1.165) is 35.3 Å². The number of allylic oxidation sites excluding steroid dienone is 1. The van der Waals surface area contributed by atoms with Gasteiger partial charge in [-0.2, -0.15) is 0 Å². The van der Waals surface area contributed by atoms with Crippen molar-refractivity contribution < 1.29 is 9.53 Å². The summed E-state index contributed by atoms with van der Waals surface area (Å²) in [5.74, 6) is 1.43. The second-order valence-electron chi connectivity index (χ2n) is 11.7. The summed E-state index contributed by atoms with van der Waals surface area (Å²) in [6, 6.07) is 49.2. The van der Waals surface area contributed by atoms with Crippen molar-refractivity contribution in [2.75, 3.05) is 0 Å². The molecule has 0 saturated carbocycles. The van der Waals surface area contributed by atoms with E-state index < -0.39 is 0 Å². The molecule has 0 radical (unpaired) electrons. The van der Waals surface area contributed by atoms with Gasteiger partial charge in [0, 0.05) is 11.1 Å². The first-order chi connectivity index (χ1) is 21.9. The highest BCUT2D eigenvalue weighted by Crippen LogP contribution is 2.27. The first-order valence-corrected chi connectivity index (χ1v) is 15.3. The molecule has 45 heavy (non-hydrogen) atoms. The summed E-state index contributed by atoms with van der Waals surface area (Å²) in [5.41, 5.74) is 12.1. The van der Waals surface area contributed by atoms with Gasteiger partial charge in [0.15, 0.2) is 5.78 Å². The van der Waals surface area contributed by atoms with Crippen molar-refractivity contribution in [2.24, 2.45) is 0 Å². The Labute approximate surface area is 266 Å². The molecule has 0 aliphatic carbocycles. The van der Waals surface area contributed by atoms with Gasteiger partial charge in [-0.1, -0.05) is 127 Å². The fourth-order valence-corrected chi connectivity index (χ4v) is 5.37. The van der Waals surface area contributed by atoms with Crippen LogP contribution < -0.4 is 4.74 Å². The molecule has 0 amide bonds. The summed E-state index contributed by atoms with van der Waals surface area (Å²) in [5, 5.41) is 0. The molecule has 0 bridgehead atoms. The van der Waals surface area contributed by atoms with Crippen LogP contribution in [0.5, 0.6) is 11.5 Å². The van der Waals surface area contributed by atoms with E-state index in [0.29, 0.717) is 16.9 Å². The predicted molar refractivity (Wildman–Crippen MR) is 186 cm³/mol. The van der Waals surface area contributed by atoms with Crippen LogP contribution in [-0.2, 0) is 12.8 Å². The van der Waals surface area contributed by atoms with E-state index in [1.807, 2.05) is 67.6 Å². The SMILES string of the molecule is C=C(C)c1ccc(Cc2ccc(C(=O)c3ccc(Oc4ccc(-c5ccc(Cc6ccc(C)cc6)cc5)cc4)cc3)cc2)cc1. The summed E-state index contributed by atoms with van der Waals surface area (Å²) >= 11 is 0. The van der Waals surface area contributed by atoms with E-state index in [9.17, 15) is 4.79 Å². The number of hydrogen-bond donors (Lipinski definition) is 0. The average molecular weight is 585 g/mol. The Balaban J connectivity index is 1.04. The number of rotatable bonds is 10. The fraction of sp³-hybridized carbons (Fsp3) is 0.0930. The molecule has 0 saturated heterocycles. The third kappa shape index (κ3) is 7.55. The Hall–Kier alpha value is -5.47. The number of ether oxygens (including phenoxy) is 1. The van der Waals surface area contributed by atoms with Gasteiger partial charge in [0.25, 0.3) is 0 Å². The fourth-order valence-electron chi connectivity index (χ4n) is 5.37. The molecule has 220 valence electrons. The molecule has 0 spiro atoms. The molecular formula is C43H36O2. The normalized spacial score (nSPS) is 10.8. The maximum Gasteiger partial charge on any atom is 0.193 e. The predicted octanol–water partition coefficient (Wildman–Crippen LogP) is 10.9. The van der Waals surface area contributed by atoms with E-state index in [1.54, 1.807) is 0 Å². The largest absolute Gasteiger partial charge is 0.457 e. The van der Waals surface area contributed by atoms with E-state index in [2.05, 4.69) is 98.4 Å². The van der Waals surface area contributed by atoms with Crippen LogP contribution >= 0.6 is 0 Å². The number of ketones is 1. The standard InChI is InChI=1S/C43H36O2/c1-30(2)36-14-8-33(9-15-36)29-35-12-18-39(19-13-35)43(44)40-22-26-42(27-23-40)45-41-24-20-38(21-25-41)37-16-10-34(11-17-37)28-32-6-4-31(3)5-7-32/h4-27H,1,28-29H2,2-3H3. The lowest BCUT2D eigenvalue weighted by atomic mass is 9.98. The quantitative estimate of drug-likeness (QED) is 0.150. The van der Waals surface area contributed by atoms with Crippen LogP contribution in [0.4, 0.5) is 0 Å². The van der Waals surface area contributed by atoms with Gasteiger partial charge in [-0.25, -0.2) is 0 Å². The molecule has 0 N–H and O–H groups in total. The first kappa shape index (κ1) is 29.6. The topological polar surface area (TPSA) is 26.3 Å². The van der Waals surface area contributed by atoms with Crippen molar-refractivity contribution >= 4 is 11.4 Å². The van der Waals surface area contributed by atoms with E-state index in [4.69, 9.17) is 4.74 Å². The highest BCUT2D eigenvalue weighted by Gasteiger charge is 2.10. The third-order valence-corrected chi connectivity index (χ3v) is 8.09. The molecule has 6 rings (SSSR count). The second-order valence-corrected chi connectivity index (χ2v) is 11.7. The van der Waals surface area contributed by atoms with Crippen LogP contribution in [0.1, 0.15) is 56.2 Å². The average Bonchev–Trinajstić information content (AvgIpc) is 3.07. The van der Waals surface area contributed by atoms with Gasteiger partial charge in [0.05, 0.1) is 0 Å². The van der Waals surface area contributed by atoms with Gasteiger partial charge < -0.3 is 4.74 Å². The Bertz CT molecular complexity index is 1890. The minimum Gasteiger partial charge on any atom is -0.457 e. The lowest BCUT2D eigenvalue weighted by Gasteiger charge is -2.09. The third-order valence-electron chi connectivity index (χ3n) is 8.09. The van der Waals surface area contributed by atoms with Crippen LogP contribution in [0.2, 0.25) is 0 Å². The minimum atomic E-state index is -0.00634. The number of carbonyl (C=O) groups is 1. The molecule has 0 heterocycles. The van der Waals surface area contributed by atoms with Crippen LogP contribution in [0.25, 0.3) is 16.7 Å². The van der Waals surface area contributed by atoms with Gasteiger partial charge in [0.2, 0.25) is 0 Å². The van der Waals surface area contributed by atoms with Crippen molar-refractivity contribution in [1.29, 1.82) is 0 Å². The lowest BCUT2D eigenvalue weighted by molar-refractivity contribution is 0.103. The molecule has 0 atom stereocenters. The molecule has 6 aromatic rings. The Morgan fingerprint density at radius 2 is 0.822 bits per heavy atom. The Morgan fingerprint density at radius 1 is 0.489 bits per heavy atom. The molecule has 2 heteroatoms. The van der Waals surface area contributed by atoms with Gasteiger partial charge >= 0.3 is 0 Å². The van der Waals surface area contributed by atoms with Gasteiger partial charge in [-0.05, 0) is 102 Å². The summed E-state index contributed by atoms with van der Waals surface area (Å²) < 4.78 is 6.08. The summed E-state index contributed by atoms with van der Waals surface area (Å²) in [6.45, 7) is 8.12. The highest BCUT2D eigenvalue weighted by molar-refractivity contribution is 6.09. The smallest absolute Gasteiger partial charge is 0.193 e.